The molecule has 3 fully saturated rings. The van der Waals surface area contributed by atoms with Crippen LogP contribution >= 0.6 is 0 Å². The van der Waals surface area contributed by atoms with Gasteiger partial charge in [-0.1, -0.05) is 24.3 Å². The second kappa shape index (κ2) is 6.32. The molecular weight excluding hydrogens is 314 g/mol. The second-order valence-corrected chi connectivity index (χ2v) is 7.23. The van der Waals surface area contributed by atoms with Crippen molar-refractivity contribution in [1.82, 2.24) is 15.2 Å². The molecule has 4 aliphatic rings. The molecule has 2 aromatic rings. The summed E-state index contributed by atoms with van der Waals surface area (Å²) in [4.78, 5) is 6.88. The molecule has 0 amide bonds. The fourth-order valence-electron chi connectivity index (χ4n) is 4.14. The van der Waals surface area contributed by atoms with Crippen molar-refractivity contribution in [2.45, 2.75) is 37.6 Å². The van der Waals surface area contributed by atoms with E-state index in [9.17, 15) is 0 Å². The average molecular weight is 337 g/mol. The van der Waals surface area contributed by atoms with Crippen LogP contribution in [0, 0.1) is 0 Å². The first-order valence-electron chi connectivity index (χ1n) is 9.16. The molecule has 0 aliphatic carbocycles. The number of piperazine rings is 1. The van der Waals surface area contributed by atoms with Crippen molar-refractivity contribution in [3.05, 3.63) is 53.7 Å². The van der Waals surface area contributed by atoms with Gasteiger partial charge in [0.05, 0.1) is 0 Å². The molecule has 5 nitrogen and oxygen atoms in total. The van der Waals surface area contributed by atoms with Crippen molar-refractivity contribution < 1.29 is 9.47 Å². The summed E-state index contributed by atoms with van der Waals surface area (Å²) in [7, 11) is 0. The molecule has 4 aliphatic heterocycles. The Labute approximate surface area is 148 Å². The van der Waals surface area contributed by atoms with Gasteiger partial charge < -0.3 is 14.8 Å². The van der Waals surface area contributed by atoms with E-state index in [1.807, 2.05) is 12.1 Å². The number of benzene rings is 1. The third-order valence-electron chi connectivity index (χ3n) is 5.58. The van der Waals surface area contributed by atoms with Gasteiger partial charge in [-0.2, -0.15) is 0 Å². The van der Waals surface area contributed by atoms with E-state index < -0.39 is 0 Å². The van der Waals surface area contributed by atoms with Crippen LogP contribution in [0.1, 0.15) is 30.1 Å². The largest absolute Gasteiger partial charge is 0.484 e. The van der Waals surface area contributed by atoms with Gasteiger partial charge in [-0.3, -0.25) is 4.90 Å². The molecule has 5 heterocycles. The molecule has 5 heteroatoms. The lowest BCUT2D eigenvalue weighted by atomic mass is 9.92. The van der Waals surface area contributed by atoms with Gasteiger partial charge in [0.2, 0.25) is 0 Å². The molecule has 3 saturated heterocycles. The van der Waals surface area contributed by atoms with Gasteiger partial charge in [0.15, 0.2) is 11.9 Å². The van der Waals surface area contributed by atoms with Crippen LogP contribution in [0.4, 0.5) is 0 Å². The van der Waals surface area contributed by atoms with Gasteiger partial charge >= 0.3 is 0 Å². The highest BCUT2D eigenvalue weighted by Gasteiger charge is 2.33. The monoisotopic (exact) mass is 337 g/mol. The van der Waals surface area contributed by atoms with Crippen LogP contribution in [0.15, 0.2) is 42.6 Å². The number of ether oxygens (including phenoxy) is 2. The zero-order valence-electron chi connectivity index (χ0n) is 14.2. The summed E-state index contributed by atoms with van der Waals surface area (Å²) in [6, 6.07) is 13.9. The van der Waals surface area contributed by atoms with Crippen molar-refractivity contribution in [1.29, 1.82) is 0 Å². The second-order valence-electron chi connectivity index (χ2n) is 7.23. The minimum Gasteiger partial charge on any atom is -0.484 e. The highest BCUT2D eigenvalue weighted by atomic mass is 16.6. The van der Waals surface area contributed by atoms with Crippen molar-refractivity contribution in [2.24, 2.45) is 0 Å². The summed E-state index contributed by atoms with van der Waals surface area (Å²) in [5.74, 6) is 1.31. The number of pyridine rings is 1. The van der Waals surface area contributed by atoms with Crippen LogP contribution in [0.25, 0.3) is 0 Å². The summed E-state index contributed by atoms with van der Waals surface area (Å²) >= 11 is 0. The lowest BCUT2D eigenvalue weighted by Gasteiger charge is -2.46. The summed E-state index contributed by atoms with van der Waals surface area (Å²) < 4.78 is 11.8. The summed E-state index contributed by atoms with van der Waals surface area (Å²) in [5, 5.41) is 3.62. The first-order chi connectivity index (χ1) is 12.3. The first-order valence-corrected chi connectivity index (χ1v) is 9.16. The molecule has 1 aromatic carbocycles. The molecule has 1 N–H and O–H groups in total. The average Bonchev–Trinajstić information content (AvgIpc) is 2.69. The van der Waals surface area contributed by atoms with Crippen LogP contribution in [0.5, 0.6) is 11.6 Å². The maximum absolute atomic E-state index is 5.99. The Kier molecular flexibility index (Phi) is 3.83. The quantitative estimate of drug-likeness (QED) is 0.933. The lowest BCUT2D eigenvalue weighted by Crippen LogP contribution is -2.60. The molecule has 6 rings (SSSR count). The highest BCUT2D eigenvalue weighted by Crippen LogP contribution is 2.34. The molecule has 130 valence electrons. The number of hydrogen-bond acceptors (Lipinski definition) is 5. The zero-order valence-corrected chi connectivity index (χ0v) is 14.2. The van der Waals surface area contributed by atoms with Crippen molar-refractivity contribution >= 4 is 0 Å². The van der Waals surface area contributed by atoms with Gasteiger partial charge in [-0.25, -0.2) is 4.98 Å². The van der Waals surface area contributed by atoms with Crippen molar-refractivity contribution in [3.63, 3.8) is 0 Å². The summed E-state index contributed by atoms with van der Waals surface area (Å²) in [5.41, 5.74) is 2.51. The molecule has 25 heavy (non-hydrogen) atoms. The van der Waals surface area contributed by atoms with Gasteiger partial charge in [0.25, 0.3) is 5.88 Å². The lowest BCUT2D eigenvalue weighted by molar-refractivity contribution is 0.0684. The zero-order chi connectivity index (χ0) is 16.6. The normalized spacial score (nSPS) is 28.1. The number of fused-ring (bicyclic) bond motifs is 4. The van der Waals surface area contributed by atoms with Crippen LogP contribution in [-0.2, 0) is 6.54 Å². The fraction of sp³-hybridized carbons (Fsp3) is 0.450. The Morgan fingerprint density at radius 3 is 2.84 bits per heavy atom. The van der Waals surface area contributed by atoms with E-state index in [-0.39, 0.29) is 6.10 Å². The van der Waals surface area contributed by atoms with Gasteiger partial charge in [0, 0.05) is 37.9 Å². The Morgan fingerprint density at radius 1 is 1.16 bits per heavy atom. The summed E-state index contributed by atoms with van der Waals surface area (Å²) in [6.45, 7) is 3.88. The Hall–Kier alpha value is -2.11. The van der Waals surface area contributed by atoms with E-state index in [0.29, 0.717) is 24.6 Å². The van der Waals surface area contributed by atoms with Crippen LogP contribution in [0.2, 0.25) is 0 Å². The maximum Gasteiger partial charge on any atom is 0.257 e. The molecule has 1 aromatic heterocycles. The summed E-state index contributed by atoms with van der Waals surface area (Å²) in [6.07, 6.45) is 4.30. The molecular formula is C20H23N3O2. The predicted molar refractivity (Wildman–Crippen MR) is 94.8 cm³/mol. The number of piperidine rings is 2. The van der Waals surface area contributed by atoms with Crippen LogP contribution in [-0.4, -0.2) is 41.7 Å². The molecule has 3 atom stereocenters. The third-order valence-corrected chi connectivity index (χ3v) is 5.58. The van der Waals surface area contributed by atoms with E-state index in [4.69, 9.17) is 9.47 Å². The first kappa shape index (κ1) is 15.2. The van der Waals surface area contributed by atoms with Gasteiger partial charge in [0.1, 0.15) is 6.61 Å². The standard InChI is InChI=1S/C20H23N3O2/c1-2-18-20(21-9-1)25-19(13-24-18)15-5-3-14(4-6-15)11-23-12-16-7-8-17(23)10-22-16/h1-6,9,16-17,19,22H,7-8,10-13H2/t16-,17-,19?/m0/s1. The number of nitrogens with one attached hydrogen (secondary N) is 1. The topological polar surface area (TPSA) is 46.6 Å². The van der Waals surface area contributed by atoms with Crippen LogP contribution in [0.3, 0.4) is 0 Å². The molecule has 0 spiro atoms. The van der Waals surface area contributed by atoms with E-state index >= 15 is 0 Å². The Bertz CT molecular complexity index is 741. The van der Waals surface area contributed by atoms with Crippen LogP contribution < -0.4 is 14.8 Å². The predicted octanol–water partition coefficient (Wildman–Crippen LogP) is 2.53. The SMILES string of the molecule is c1cnc2c(c1)OCC(c1ccc(CN3C[C@@H]4CC[C@H]3CN4)cc1)O2. The number of aromatic nitrogens is 1. The fourth-order valence-corrected chi connectivity index (χ4v) is 4.14. The maximum atomic E-state index is 5.99. The Balaban J connectivity index is 1.26. The van der Waals surface area contributed by atoms with Gasteiger partial charge in [-0.15, -0.1) is 0 Å². The van der Waals surface area contributed by atoms with Crippen molar-refractivity contribution in [3.8, 4) is 11.6 Å². The number of nitrogens with zero attached hydrogens (tertiary/aromatic N) is 2. The highest BCUT2D eigenvalue weighted by molar-refractivity contribution is 5.36. The van der Waals surface area contributed by atoms with E-state index in [1.165, 1.54) is 24.9 Å². The van der Waals surface area contributed by atoms with E-state index in [0.717, 1.165) is 24.4 Å². The smallest absolute Gasteiger partial charge is 0.257 e. The van der Waals surface area contributed by atoms with E-state index in [2.05, 4.69) is 39.5 Å². The molecule has 0 radical (unpaired) electrons. The number of hydrogen-bond donors (Lipinski definition) is 1. The minimum absolute atomic E-state index is 0.0911. The number of rotatable bonds is 3. The van der Waals surface area contributed by atoms with Gasteiger partial charge in [-0.05, 0) is 36.1 Å². The molecule has 1 unspecified atom stereocenters. The molecule has 2 bridgehead atoms. The minimum atomic E-state index is -0.0911. The van der Waals surface area contributed by atoms with Crippen molar-refractivity contribution in [2.75, 3.05) is 19.7 Å². The Morgan fingerprint density at radius 2 is 2.08 bits per heavy atom. The molecule has 0 saturated carbocycles. The van der Waals surface area contributed by atoms with E-state index in [1.54, 1.807) is 6.20 Å². The third kappa shape index (κ3) is 2.98.